The third-order valence-corrected chi connectivity index (χ3v) is 6.27. The van der Waals surface area contributed by atoms with Crippen molar-refractivity contribution in [2.45, 2.75) is 77.6 Å². The minimum Gasteiger partial charge on any atom is -0.465 e. The van der Waals surface area contributed by atoms with E-state index in [2.05, 4.69) is 23.1 Å². The van der Waals surface area contributed by atoms with Crippen LogP contribution in [0, 0.1) is 0 Å². The molecule has 6 nitrogen and oxygen atoms in total. The summed E-state index contributed by atoms with van der Waals surface area (Å²) in [5, 5.41) is 3.97. The quantitative estimate of drug-likeness (QED) is 0.222. The first-order valence-corrected chi connectivity index (χ1v) is 11.4. The van der Waals surface area contributed by atoms with E-state index in [1.54, 1.807) is 0 Å². The Hall–Kier alpha value is -1.67. The van der Waals surface area contributed by atoms with Crippen molar-refractivity contribution in [2.75, 3.05) is 12.4 Å². The van der Waals surface area contributed by atoms with Gasteiger partial charge in [-0.15, -0.1) is 11.3 Å². The Kier molecular flexibility index (Phi) is 9.70. The Morgan fingerprint density at radius 2 is 1.79 bits per heavy atom. The minimum absolute atomic E-state index is 0.0837. The first-order chi connectivity index (χ1) is 13.6. The van der Waals surface area contributed by atoms with Gasteiger partial charge in [-0.2, -0.15) is 0 Å². The molecule has 1 aliphatic rings. The van der Waals surface area contributed by atoms with Gasteiger partial charge in [-0.1, -0.05) is 45.4 Å². The van der Waals surface area contributed by atoms with Crippen LogP contribution >= 0.6 is 23.6 Å². The number of carbonyl (C=O) groups excluding carboxylic acids is 2. The average molecular weight is 426 g/mol. The number of hydrazine groups is 1. The van der Waals surface area contributed by atoms with Crippen molar-refractivity contribution in [1.29, 1.82) is 0 Å². The predicted octanol–water partition coefficient (Wildman–Crippen LogP) is 4.48. The number of hydrogen-bond acceptors (Lipinski definition) is 5. The second kappa shape index (κ2) is 12.0. The van der Waals surface area contributed by atoms with Crippen molar-refractivity contribution in [3.8, 4) is 0 Å². The van der Waals surface area contributed by atoms with Crippen LogP contribution in [0.2, 0.25) is 0 Å². The fourth-order valence-electron chi connectivity index (χ4n) is 3.38. The zero-order chi connectivity index (χ0) is 20.4. The maximum Gasteiger partial charge on any atom is 0.341 e. The Labute approximate surface area is 176 Å². The largest absolute Gasteiger partial charge is 0.465 e. The monoisotopic (exact) mass is 425 g/mol. The van der Waals surface area contributed by atoms with Crippen molar-refractivity contribution in [3.05, 3.63) is 16.0 Å². The van der Waals surface area contributed by atoms with E-state index in [0.717, 1.165) is 37.7 Å². The molecule has 1 amide bonds. The lowest BCUT2D eigenvalue weighted by Gasteiger charge is -2.12. The fourth-order valence-corrected chi connectivity index (χ4v) is 4.88. The van der Waals surface area contributed by atoms with Crippen LogP contribution in [0.25, 0.3) is 0 Å². The molecule has 0 fully saturated rings. The topological polar surface area (TPSA) is 79.5 Å². The molecule has 0 radical (unpaired) electrons. The van der Waals surface area contributed by atoms with Crippen LogP contribution in [0.5, 0.6) is 0 Å². The third-order valence-electron chi connectivity index (χ3n) is 4.86. The highest BCUT2D eigenvalue weighted by Gasteiger charge is 2.27. The molecule has 0 unspecified atom stereocenters. The van der Waals surface area contributed by atoms with Crippen molar-refractivity contribution >= 4 is 45.5 Å². The van der Waals surface area contributed by atoms with Crippen LogP contribution in [-0.4, -0.2) is 24.1 Å². The molecular formula is C20H31N3O3S2. The number of carbonyl (C=O) groups is 2. The van der Waals surface area contributed by atoms with Crippen molar-refractivity contribution in [1.82, 2.24) is 10.9 Å². The SMILES string of the molecule is CCCCCCCCCC(=O)NNC(=S)Nc1sc2c(c1C(=O)OC)CCC2. The lowest BCUT2D eigenvalue weighted by atomic mass is 10.1. The van der Waals surface area contributed by atoms with Gasteiger partial charge in [0.05, 0.1) is 12.7 Å². The molecule has 3 N–H and O–H groups in total. The molecule has 0 bridgehead atoms. The van der Waals surface area contributed by atoms with E-state index in [4.69, 9.17) is 17.0 Å². The zero-order valence-electron chi connectivity index (χ0n) is 16.8. The lowest BCUT2D eigenvalue weighted by molar-refractivity contribution is -0.121. The van der Waals surface area contributed by atoms with Crippen LogP contribution in [0.4, 0.5) is 5.00 Å². The van der Waals surface area contributed by atoms with E-state index in [1.807, 2.05) is 0 Å². The summed E-state index contributed by atoms with van der Waals surface area (Å²) in [5.74, 6) is -0.438. The van der Waals surface area contributed by atoms with Crippen LogP contribution in [-0.2, 0) is 22.4 Å². The molecule has 0 saturated heterocycles. The normalized spacial score (nSPS) is 12.4. The van der Waals surface area contributed by atoms with E-state index in [9.17, 15) is 9.59 Å². The van der Waals surface area contributed by atoms with Gasteiger partial charge >= 0.3 is 5.97 Å². The Morgan fingerprint density at radius 3 is 2.50 bits per heavy atom. The van der Waals surface area contributed by atoms with Crippen molar-refractivity contribution in [3.63, 3.8) is 0 Å². The Balaban J connectivity index is 1.71. The number of fused-ring (bicyclic) bond motifs is 1. The first-order valence-electron chi connectivity index (χ1n) is 10.2. The van der Waals surface area contributed by atoms with E-state index in [1.165, 1.54) is 55.4 Å². The molecule has 8 heteroatoms. The lowest BCUT2D eigenvalue weighted by Crippen LogP contribution is -2.43. The molecule has 28 heavy (non-hydrogen) atoms. The molecule has 0 aromatic carbocycles. The average Bonchev–Trinajstić information content (AvgIpc) is 3.25. The van der Waals surface area contributed by atoms with Gasteiger partial charge in [0.2, 0.25) is 5.91 Å². The van der Waals surface area contributed by atoms with Crippen LogP contribution < -0.4 is 16.2 Å². The number of nitrogens with one attached hydrogen (secondary N) is 3. The van der Waals surface area contributed by atoms with Gasteiger partial charge in [0.25, 0.3) is 0 Å². The number of hydrogen-bond donors (Lipinski definition) is 3. The molecule has 156 valence electrons. The van der Waals surface area contributed by atoms with Gasteiger partial charge in [0.15, 0.2) is 5.11 Å². The van der Waals surface area contributed by atoms with Gasteiger partial charge < -0.3 is 10.1 Å². The highest BCUT2D eigenvalue weighted by atomic mass is 32.1. The second-order valence-electron chi connectivity index (χ2n) is 7.05. The molecule has 0 aliphatic heterocycles. The standard InChI is InChI=1S/C20H31N3O3S2/c1-3-4-5-6-7-8-9-13-16(24)22-23-20(27)21-18-17(19(25)26-2)14-11-10-12-15(14)28-18/h3-13H2,1-2H3,(H,22,24)(H2,21,23,27). The summed E-state index contributed by atoms with van der Waals surface area (Å²) in [7, 11) is 1.38. The summed E-state index contributed by atoms with van der Waals surface area (Å²) in [6.45, 7) is 2.21. The van der Waals surface area contributed by atoms with Crippen LogP contribution in [0.1, 0.15) is 85.5 Å². The maximum atomic E-state index is 12.1. The van der Waals surface area contributed by atoms with Crippen LogP contribution in [0.3, 0.4) is 0 Å². The number of methoxy groups -OCH3 is 1. The zero-order valence-corrected chi connectivity index (χ0v) is 18.5. The Bertz CT molecular complexity index is 688. The molecule has 1 aliphatic carbocycles. The highest BCUT2D eigenvalue weighted by molar-refractivity contribution is 7.80. The molecular weight excluding hydrogens is 394 g/mol. The fraction of sp³-hybridized carbons (Fsp3) is 0.650. The van der Waals surface area contributed by atoms with E-state index < -0.39 is 0 Å². The molecule has 1 aromatic rings. The predicted molar refractivity (Wildman–Crippen MR) is 118 cm³/mol. The van der Waals surface area contributed by atoms with Crippen LogP contribution in [0.15, 0.2) is 0 Å². The highest BCUT2D eigenvalue weighted by Crippen LogP contribution is 2.39. The molecule has 2 rings (SSSR count). The van der Waals surface area contributed by atoms with Gasteiger partial charge in [-0.25, -0.2) is 4.79 Å². The van der Waals surface area contributed by atoms with E-state index in [-0.39, 0.29) is 17.0 Å². The van der Waals surface area contributed by atoms with E-state index >= 15 is 0 Å². The number of ether oxygens (including phenoxy) is 1. The maximum absolute atomic E-state index is 12.1. The Morgan fingerprint density at radius 1 is 1.07 bits per heavy atom. The second-order valence-corrected chi connectivity index (χ2v) is 8.57. The number of unbranched alkanes of at least 4 members (excludes halogenated alkanes) is 6. The van der Waals surface area contributed by atoms with Gasteiger partial charge in [0, 0.05) is 11.3 Å². The number of rotatable bonds is 10. The summed E-state index contributed by atoms with van der Waals surface area (Å²) < 4.78 is 4.92. The summed E-state index contributed by atoms with van der Waals surface area (Å²) in [4.78, 5) is 25.3. The first kappa shape index (κ1) is 22.6. The molecule has 0 spiro atoms. The number of thiocarbonyl (C=S) groups is 1. The summed E-state index contributed by atoms with van der Waals surface area (Å²) in [6.07, 6.45) is 11.6. The summed E-state index contributed by atoms with van der Waals surface area (Å²) in [6, 6.07) is 0. The minimum atomic E-state index is -0.354. The number of thiophene rings is 1. The van der Waals surface area contributed by atoms with Crippen molar-refractivity contribution < 1.29 is 14.3 Å². The number of amides is 1. The number of anilines is 1. The number of aryl methyl sites for hydroxylation is 1. The van der Waals surface area contributed by atoms with Crippen molar-refractivity contribution in [2.24, 2.45) is 0 Å². The molecule has 0 atom stereocenters. The summed E-state index contributed by atoms with van der Waals surface area (Å²) >= 11 is 6.78. The third kappa shape index (κ3) is 6.74. The summed E-state index contributed by atoms with van der Waals surface area (Å²) in [5.41, 5.74) is 6.97. The molecule has 0 saturated carbocycles. The van der Waals surface area contributed by atoms with Gasteiger partial charge in [-0.05, 0) is 43.5 Å². The van der Waals surface area contributed by atoms with Gasteiger partial charge in [-0.3, -0.25) is 15.6 Å². The van der Waals surface area contributed by atoms with Gasteiger partial charge in [0.1, 0.15) is 5.00 Å². The number of esters is 1. The van der Waals surface area contributed by atoms with E-state index in [0.29, 0.717) is 17.0 Å². The molecule has 1 heterocycles. The molecule has 1 aromatic heterocycles. The smallest absolute Gasteiger partial charge is 0.341 e.